The molecule has 0 atom stereocenters. The topological polar surface area (TPSA) is 63.7 Å². The van der Waals surface area contributed by atoms with E-state index in [9.17, 15) is 17.6 Å². The van der Waals surface area contributed by atoms with E-state index in [0.717, 1.165) is 28.6 Å². The molecule has 0 aliphatic heterocycles. The number of likely N-dealkylation sites (N-methyl/N-ethyl adjacent to an activating group) is 1. The van der Waals surface area contributed by atoms with Gasteiger partial charge < -0.3 is 4.74 Å². The van der Waals surface area contributed by atoms with Gasteiger partial charge in [0.15, 0.2) is 0 Å². The monoisotopic (exact) mass is 357 g/mol. The number of halogens is 2. The van der Waals surface area contributed by atoms with Gasteiger partial charge in [0.2, 0.25) is 10.0 Å². The van der Waals surface area contributed by atoms with E-state index in [1.807, 2.05) is 0 Å². The third-order valence-electron chi connectivity index (χ3n) is 2.93. The number of sulfonamides is 1. The van der Waals surface area contributed by atoms with Gasteiger partial charge >= 0.3 is 5.97 Å². The summed E-state index contributed by atoms with van der Waals surface area (Å²) in [4.78, 5) is 11.7. The minimum Gasteiger partial charge on any atom is -0.424 e. The van der Waals surface area contributed by atoms with Crippen molar-refractivity contribution in [1.29, 1.82) is 0 Å². The molecule has 0 aromatic heterocycles. The summed E-state index contributed by atoms with van der Waals surface area (Å²) < 4.78 is 43.3. The first-order valence-electron chi connectivity index (χ1n) is 6.48. The van der Waals surface area contributed by atoms with Crippen molar-refractivity contribution in [2.24, 2.45) is 0 Å². The molecule has 0 radical (unpaired) electrons. The molecule has 0 amide bonds. The Kier molecular flexibility index (Phi) is 5.35. The highest BCUT2D eigenvalue weighted by molar-refractivity contribution is 7.89. The van der Waals surface area contributed by atoms with Gasteiger partial charge in [-0.2, -0.15) is 4.31 Å². The largest absolute Gasteiger partial charge is 0.424 e. The molecule has 0 aliphatic rings. The molecule has 0 unspecified atom stereocenters. The lowest BCUT2D eigenvalue weighted by molar-refractivity contribution is -0.134. The second kappa shape index (κ2) is 7.08. The normalized spacial score (nSPS) is 11.5. The van der Waals surface area contributed by atoms with Crippen LogP contribution in [0.25, 0.3) is 0 Å². The van der Waals surface area contributed by atoms with Crippen molar-refractivity contribution in [2.45, 2.75) is 4.90 Å². The fourth-order valence-electron chi connectivity index (χ4n) is 1.74. The number of ether oxygens (including phenoxy) is 1. The SMILES string of the molecule is CN(CC(=O)Oc1ccccc1Cl)S(=O)(=O)c1ccc(F)cc1. The number of benzene rings is 2. The highest BCUT2D eigenvalue weighted by Gasteiger charge is 2.24. The molecule has 0 heterocycles. The molecule has 0 saturated heterocycles. The Balaban J connectivity index is 2.08. The van der Waals surface area contributed by atoms with Crippen LogP contribution in [0.15, 0.2) is 53.4 Å². The quantitative estimate of drug-likeness (QED) is 0.609. The molecule has 0 fully saturated rings. The fourth-order valence-corrected chi connectivity index (χ4v) is 3.03. The predicted octanol–water partition coefficient (Wildman–Crippen LogP) is 2.71. The second-order valence-electron chi connectivity index (χ2n) is 4.62. The van der Waals surface area contributed by atoms with Gasteiger partial charge in [-0.3, -0.25) is 4.79 Å². The van der Waals surface area contributed by atoms with Gasteiger partial charge in [-0.15, -0.1) is 0 Å². The van der Waals surface area contributed by atoms with Crippen LogP contribution in [0.4, 0.5) is 4.39 Å². The van der Waals surface area contributed by atoms with Crippen molar-refractivity contribution >= 4 is 27.6 Å². The first kappa shape index (κ1) is 17.4. The van der Waals surface area contributed by atoms with E-state index < -0.39 is 28.4 Å². The van der Waals surface area contributed by atoms with Crippen LogP contribution in [0.5, 0.6) is 5.75 Å². The van der Waals surface area contributed by atoms with E-state index in [1.165, 1.54) is 13.1 Å². The Morgan fingerprint density at radius 1 is 1.17 bits per heavy atom. The fraction of sp³-hybridized carbons (Fsp3) is 0.133. The van der Waals surface area contributed by atoms with Gasteiger partial charge in [-0.25, -0.2) is 12.8 Å². The van der Waals surface area contributed by atoms with Crippen LogP contribution in [0, 0.1) is 5.82 Å². The summed E-state index contributed by atoms with van der Waals surface area (Å²) in [6, 6.07) is 10.7. The Hall–Kier alpha value is -1.96. The van der Waals surface area contributed by atoms with Crippen molar-refractivity contribution < 1.29 is 22.3 Å². The molecule has 2 aromatic rings. The number of hydrogen-bond acceptors (Lipinski definition) is 4. The number of rotatable bonds is 5. The van der Waals surface area contributed by atoms with Crippen molar-refractivity contribution in [3.8, 4) is 5.75 Å². The van der Waals surface area contributed by atoms with Crippen molar-refractivity contribution in [3.63, 3.8) is 0 Å². The number of carbonyl (C=O) groups excluding carboxylic acids is 1. The zero-order valence-electron chi connectivity index (χ0n) is 12.1. The van der Waals surface area contributed by atoms with Gasteiger partial charge in [0.1, 0.15) is 18.1 Å². The van der Waals surface area contributed by atoms with Crippen LogP contribution in [0.2, 0.25) is 5.02 Å². The van der Waals surface area contributed by atoms with E-state index in [4.69, 9.17) is 16.3 Å². The predicted molar refractivity (Wildman–Crippen MR) is 83.3 cm³/mol. The van der Waals surface area contributed by atoms with Gasteiger partial charge in [0.05, 0.1) is 9.92 Å². The van der Waals surface area contributed by atoms with E-state index in [0.29, 0.717) is 0 Å². The Morgan fingerprint density at radius 2 is 1.78 bits per heavy atom. The molecule has 5 nitrogen and oxygen atoms in total. The second-order valence-corrected chi connectivity index (χ2v) is 7.07. The van der Waals surface area contributed by atoms with Crippen LogP contribution < -0.4 is 4.74 Å². The van der Waals surface area contributed by atoms with Crippen molar-refractivity contribution in [3.05, 3.63) is 59.4 Å². The lowest BCUT2D eigenvalue weighted by atomic mass is 10.3. The van der Waals surface area contributed by atoms with E-state index in [2.05, 4.69) is 0 Å². The van der Waals surface area contributed by atoms with E-state index >= 15 is 0 Å². The maximum Gasteiger partial charge on any atom is 0.326 e. The van der Waals surface area contributed by atoms with Crippen LogP contribution in [-0.4, -0.2) is 32.3 Å². The van der Waals surface area contributed by atoms with Gasteiger partial charge in [0.25, 0.3) is 0 Å². The lowest BCUT2D eigenvalue weighted by Crippen LogP contribution is -2.34. The van der Waals surface area contributed by atoms with Crippen molar-refractivity contribution in [1.82, 2.24) is 4.31 Å². The summed E-state index contributed by atoms with van der Waals surface area (Å²) in [5.74, 6) is -1.19. The molecule has 0 saturated carbocycles. The number of nitrogens with zero attached hydrogens (tertiary/aromatic N) is 1. The third kappa shape index (κ3) is 4.28. The summed E-state index contributed by atoms with van der Waals surface area (Å²) in [5.41, 5.74) is 0. The van der Waals surface area contributed by atoms with Crippen LogP contribution in [-0.2, 0) is 14.8 Å². The smallest absolute Gasteiger partial charge is 0.326 e. The van der Waals surface area contributed by atoms with E-state index in [-0.39, 0.29) is 15.7 Å². The number of hydrogen-bond donors (Lipinski definition) is 0. The molecule has 0 N–H and O–H groups in total. The molecule has 0 spiro atoms. The van der Waals surface area contributed by atoms with Gasteiger partial charge in [-0.05, 0) is 36.4 Å². The first-order chi connectivity index (χ1) is 10.8. The molecule has 122 valence electrons. The minimum atomic E-state index is -3.92. The highest BCUT2D eigenvalue weighted by Crippen LogP contribution is 2.23. The summed E-state index contributed by atoms with van der Waals surface area (Å²) >= 11 is 5.86. The molecule has 8 heteroatoms. The molecular weight excluding hydrogens is 345 g/mol. The average molecular weight is 358 g/mol. The number of esters is 1. The molecule has 2 rings (SSSR count). The number of carbonyl (C=O) groups is 1. The zero-order chi connectivity index (χ0) is 17.0. The molecule has 2 aromatic carbocycles. The average Bonchev–Trinajstić information content (AvgIpc) is 2.50. The maximum atomic E-state index is 12.9. The van der Waals surface area contributed by atoms with E-state index in [1.54, 1.807) is 18.2 Å². The highest BCUT2D eigenvalue weighted by atomic mass is 35.5. The van der Waals surface area contributed by atoms with Crippen LogP contribution >= 0.6 is 11.6 Å². The van der Waals surface area contributed by atoms with Gasteiger partial charge in [-0.1, -0.05) is 23.7 Å². The Labute approximate surface area is 138 Å². The summed E-state index contributed by atoms with van der Waals surface area (Å²) in [5, 5.41) is 0.241. The molecule has 0 aliphatic carbocycles. The minimum absolute atomic E-state index is 0.119. The summed E-state index contributed by atoms with van der Waals surface area (Å²) in [6.07, 6.45) is 0. The standard InChI is InChI=1S/C15H13ClFNO4S/c1-18(23(20,21)12-8-6-11(17)7-9-12)10-15(19)22-14-5-3-2-4-13(14)16/h2-9H,10H2,1H3. The summed E-state index contributed by atoms with van der Waals surface area (Å²) in [6.45, 7) is -0.509. The first-order valence-corrected chi connectivity index (χ1v) is 8.29. The third-order valence-corrected chi connectivity index (χ3v) is 5.06. The van der Waals surface area contributed by atoms with Crippen molar-refractivity contribution in [2.75, 3.05) is 13.6 Å². The van der Waals surface area contributed by atoms with Crippen LogP contribution in [0.1, 0.15) is 0 Å². The molecule has 23 heavy (non-hydrogen) atoms. The van der Waals surface area contributed by atoms with Crippen LogP contribution in [0.3, 0.4) is 0 Å². The van der Waals surface area contributed by atoms with Gasteiger partial charge in [0, 0.05) is 7.05 Å². The Bertz CT molecular complexity index is 808. The zero-order valence-corrected chi connectivity index (χ0v) is 13.6. The summed E-state index contributed by atoms with van der Waals surface area (Å²) in [7, 11) is -2.69. The number of para-hydroxylation sites is 1. The molecule has 0 bridgehead atoms. The lowest BCUT2D eigenvalue weighted by Gasteiger charge is -2.16. The maximum absolute atomic E-state index is 12.9. The Morgan fingerprint density at radius 3 is 2.39 bits per heavy atom. The molecular formula is C15H13ClFNO4S.